The highest BCUT2D eigenvalue weighted by Crippen LogP contribution is 2.40. The number of carbonyl (C=O) groups is 5. The second-order valence-corrected chi connectivity index (χ2v) is 9.08. The molecule has 0 unspecified atom stereocenters. The van der Waals surface area contributed by atoms with E-state index < -0.39 is 53.7 Å². The molecule has 1 amide bonds. The molecule has 0 radical (unpaired) electrons. The lowest BCUT2D eigenvalue weighted by Gasteiger charge is -2.44. The number of thioether (sulfide) groups is 1. The van der Waals surface area contributed by atoms with Gasteiger partial charge in [-0.15, -0.1) is 0 Å². The van der Waals surface area contributed by atoms with Crippen LogP contribution in [0.15, 0.2) is 23.1 Å². The van der Waals surface area contributed by atoms with Gasteiger partial charge in [0.25, 0.3) is 0 Å². The van der Waals surface area contributed by atoms with Crippen molar-refractivity contribution in [1.29, 1.82) is 0 Å². The summed E-state index contributed by atoms with van der Waals surface area (Å²) in [6, 6.07) is 4.73. The Kier molecular flexibility index (Phi) is 10.3. The fourth-order valence-corrected chi connectivity index (χ4v) is 4.65. The number of carbonyl (C=O) groups excluding carboxylic acids is 5. The quantitative estimate of drug-likeness (QED) is 0.390. The molecule has 1 heterocycles. The highest BCUT2D eigenvalue weighted by Gasteiger charge is 2.52. The first-order valence-corrected chi connectivity index (χ1v) is 11.7. The zero-order valence-electron chi connectivity index (χ0n) is 19.7. The van der Waals surface area contributed by atoms with Crippen LogP contribution in [0.1, 0.15) is 34.6 Å². The monoisotopic (exact) mass is 531 g/mol. The van der Waals surface area contributed by atoms with Crippen molar-refractivity contribution in [2.24, 2.45) is 0 Å². The fraction of sp³-hybridized carbons (Fsp3) is 0.500. The van der Waals surface area contributed by atoms with Gasteiger partial charge in [0.05, 0.1) is 5.69 Å². The van der Waals surface area contributed by atoms with Crippen LogP contribution in [0.25, 0.3) is 0 Å². The molecule has 0 bridgehead atoms. The molecule has 1 saturated heterocycles. The summed E-state index contributed by atoms with van der Waals surface area (Å²) in [5.41, 5.74) is -0.674. The van der Waals surface area contributed by atoms with Crippen LogP contribution in [0, 0.1) is 0 Å². The van der Waals surface area contributed by atoms with E-state index in [0.29, 0.717) is 15.6 Å². The molecule has 5 atom stereocenters. The van der Waals surface area contributed by atoms with E-state index in [0.717, 1.165) is 32.5 Å². The Bertz CT molecular complexity index is 987. The molecular weight excluding hydrogens is 506 g/mol. The Hall–Kier alpha value is -2.83. The second kappa shape index (κ2) is 12.8. The van der Waals surface area contributed by atoms with Crippen molar-refractivity contribution >= 4 is 58.8 Å². The zero-order chi connectivity index (χ0) is 26.3. The zero-order valence-corrected chi connectivity index (χ0v) is 21.3. The van der Waals surface area contributed by atoms with Gasteiger partial charge < -0.3 is 29.0 Å². The third kappa shape index (κ3) is 8.71. The van der Waals surface area contributed by atoms with E-state index in [-0.39, 0.29) is 12.5 Å². The Morgan fingerprint density at radius 3 is 2.00 bits per heavy atom. The number of nitrogens with one attached hydrogen (secondary N) is 1. The molecule has 0 aliphatic carbocycles. The highest BCUT2D eigenvalue weighted by atomic mass is 35.5. The maximum Gasteiger partial charge on any atom is 0.303 e. The van der Waals surface area contributed by atoms with E-state index in [1.807, 2.05) is 0 Å². The fourth-order valence-electron chi connectivity index (χ4n) is 3.30. The highest BCUT2D eigenvalue weighted by molar-refractivity contribution is 8.00. The molecule has 11 nitrogen and oxygen atoms in total. The summed E-state index contributed by atoms with van der Waals surface area (Å²) in [7, 11) is 0. The molecule has 13 heteroatoms. The number of hydrogen-bond acceptors (Lipinski definition) is 11. The average molecular weight is 532 g/mol. The number of benzene rings is 1. The normalized spacial score (nSPS) is 23.5. The molecule has 0 spiro atoms. The number of anilines is 1. The largest absolute Gasteiger partial charge is 0.463 e. The van der Waals surface area contributed by atoms with E-state index in [2.05, 4.69) is 5.32 Å². The third-order valence-electron chi connectivity index (χ3n) is 4.44. The van der Waals surface area contributed by atoms with Crippen molar-refractivity contribution in [3.63, 3.8) is 0 Å². The van der Waals surface area contributed by atoms with Crippen LogP contribution in [-0.4, -0.2) is 66.2 Å². The number of amides is 1. The molecule has 1 aromatic rings. The molecule has 2 rings (SSSR count). The number of hydrogen-bond donors (Lipinski definition) is 1. The van der Waals surface area contributed by atoms with Crippen LogP contribution in [0.4, 0.5) is 5.69 Å². The molecule has 0 saturated carbocycles. The first-order chi connectivity index (χ1) is 16.4. The molecule has 1 fully saturated rings. The maximum atomic E-state index is 11.9. The standard InChI is InChI=1S/C22H26ClNO10S/c1-10(25)24-16-8-15(23)6-7-18(16)35-22-21(33-14(5)29)20(32-13(4)28)19(31-12(3)27)17(34-22)9-30-11(2)26/h6-8,17,19-22H,9H2,1-5H3,(H,24,25)/t17-,19+,20+,21-,22+/m0/s1. The Morgan fingerprint density at radius 1 is 0.886 bits per heavy atom. The molecule has 1 N–H and O–H groups in total. The summed E-state index contributed by atoms with van der Waals surface area (Å²) in [6.07, 6.45) is -4.85. The summed E-state index contributed by atoms with van der Waals surface area (Å²) < 4.78 is 27.3. The van der Waals surface area contributed by atoms with Gasteiger partial charge in [0.2, 0.25) is 5.91 Å². The summed E-state index contributed by atoms with van der Waals surface area (Å²) in [4.78, 5) is 59.3. The van der Waals surface area contributed by atoms with Crippen molar-refractivity contribution in [2.45, 2.75) is 69.4 Å². The predicted octanol–water partition coefficient (Wildman–Crippen LogP) is 2.47. The lowest BCUT2D eigenvalue weighted by atomic mass is 9.99. The van der Waals surface area contributed by atoms with Gasteiger partial charge in [-0.25, -0.2) is 0 Å². The molecule has 1 aromatic carbocycles. The Morgan fingerprint density at radius 2 is 1.46 bits per heavy atom. The molecule has 192 valence electrons. The van der Waals surface area contributed by atoms with E-state index in [4.69, 9.17) is 35.3 Å². The van der Waals surface area contributed by atoms with Gasteiger partial charge >= 0.3 is 23.9 Å². The van der Waals surface area contributed by atoms with Crippen molar-refractivity contribution in [3.05, 3.63) is 23.2 Å². The Balaban J connectivity index is 2.53. The first kappa shape index (κ1) is 28.4. The number of ether oxygens (including phenoxy) is 5. The van der Waals surface area contributed by atoms with Gasteiger partial charge in [0.1, 0.15) is 18.1 Å². The molecule has 35 heavy (non-hydrogen) atoms. The minimum Gasteiger partial charge on any atom is -0.463 e. The molecule has 0 aromatic heterocycles. The van der Waals surface area contributed by atoms with Crippen molar-refractivity contribution in [1.82, 2.24) is 0 Å². The van der Waals surface area contributed by atoms with Gasteiger partial charge in [-0.05, 0) is 18.2 Å². The van der Waals surface area contributed by atoms with Gasteiger partial charge in [-0.3, -0.25) is 24.0 Å². The number of rotatable bonds is 8. The average Bonchev–Trinajstić information content (AvgIpc) is 2.71. The minimum absolute atomic E-state index is 0.339. The third-order valence-corrected chi connectivity index (χ3v) is 5.90. The lowest BCUT2D eigenvalue weighted by molar-refractivity contribution is -0.237. The SMILES string of the molecule is CC(=O)Nc1cc(Cl)ccc1S[C@H]1O[C@@H](COC(C)=O)[C@@H](OC(C)=O)[C@@H](OC(C)=O)[C@@H]1OC(C)=O. The molecule has 1 aliphatic heterocycles. The van der Waals surface area contributed by atoms with Crippen molar-refractivity contribution in [2.75, 3.05) is 11.9 Å². The summed E-state index contributed by atoms with van der Waals surface area (Å²) >= 11 is 7.10. The first-order valence-electron chi connectivity index (χ1n) is 10.4. The molecular formula is C22H26ClNO10S. The topological polar surface area (TPSA) is 144 Å². The van der Waals surface area contributed by atoms with Crippen molar-refractivity contribution < 1.29 is 47.7 Å². The van der Waals surface area contributed by atoms with Crippen LogP contribution in [0.2, 0.25) is 5.02 Å². The van der Waals surface area contributed by atoms with Crippen LogP contribution in [0.5, 0.6) is 0 Å². The van der Waals surface area contributed by atoms with Crippen LogP contribution < -0.4 is 5.32 Å². The van der Waals surface area contributed by atoms with Gasteiger partial charge in [0, 0.05) is 44.5 Å². The second-order valence-electron chi connectivity index (χ2n) is 7.51. The summed E-state index contributed by atoms with van der Waals surface area (Å²) in [5, 5.41) is 3.02. The smallest absolute Gasteiger partial charge is 0.303 e. The van der Waals surface area contributed by atoms with E-state index >= 15 is 0 Å². The lowest BCUT2D eigenvalue weighted by Crippen LogP contribution is -2.61. The molecule has 1 aliphatic rings. The summed E-state index contributed by atoms with van der Waals surface area (Å²) in [6.45, 7) is 5.61. The minimum atomic E-state index is -1.29. The predicted molar refractivity (Wildman–Crippen MR) is 124 cm³/mol. The van der Waals surface area contributed by atoms with E-state index in [1.165, 1.54) is 19.9 Å². The number of esters is 4. The van der Waals surface area contributed by atoms with Gasteiger partial charge in [-0.2, -0.15) is 0 Å². The van der Waals surface area contributed by atoms with Crippen LogP contribution in [-0.2, 0) is 47.7 Å². The van der Waals surface area contributed by atoms with E-state index in [1.54, 1.807) is 12.1 Å². The Labute approximate surface area is 211 Å². The summed E-state index contributed by atoms with van der Waals surface area (Å²) in [5.74, 6) is -3.13. The van der Waals surface area contributed by atoms with Crippen molar-refractivity contribution in [3.8, 4) is 0 Å². The van der Waals surface area contributed by atoms with Gasteiger partial charge in [0.15, 0.2) is 18.3 Å². The number of halogens is 1. The van der Waals surface area contributed by atoms with E-state index in [9.17, 15) is 24.0 Å². The van der Waals surface area contributed by atoms with Gasteiger partial charge in [-0.1, -0.05) is 23.4 Å². The van der Waals surface area contributed by atoms with Crippen LogP contribution in [0.3, 0.4) is 0 Å². The van der Waals surface area contributed by atoms with Crippen LogP contribution >= 0.6 is 23.4 Å². The maximum absolute atomic E-state index is 11.9.